The molecule has 2 atom stereocenters. The maximum Gasteiger partial charge on any atom is 0.242 e. The van der Waals surface area contributed by atoms with Gasteiger partial charge >= 0.3 is 0 Å². The van der Waals surface area contributed by atoms with E-state index in [9.17, 15) is 9.59 Å². The van der Waals surface area contributed by atoms with Crippen molar-refractivity contribution in [2.75, 3.05) is 19.4 Å². The predicted molar refractivity (Wildman–Crippen MR) is 128 cm³/mol. The van der Waals surface area contributed by atoms with Crippen molar-refractivity contribution in [1.29, 1.82) is 0 Å². The van der Waals surface area contributed by atoms with Gasteiger partial charge in [0.1, 0.15) is 11.8 Å². The molecule has 0 radical (unpaired) electrons. The Labute approximate surface area is 190 Å². The normalized spacial score (nSPS) is 12.6. The van der Waals surface area contributed by atoms with Crippen molar-refractivity contribution in [2.24, 2.45) is 0 Å². The molecule has 2 aromatic carbocycles. The third-order valence-corrected chi connectivity index (χ3v) is 6.29. The monoisotopic (exact) mass is 442 g/mol. The van der Waals surface area contributed by atoms with Gasteiger partial charge in [0.25, 0.3) is 0 Å². The van der Waals surface area contributed by atoms with Crippen molar-refractivity contribution in [3.05, 3.63) is 65.7 Å². The fraction of sp³-hybridized carbons (Fsp3) is 0.440. The van der Waals surface area contributed by atoms with Crippen LogP contribution in [0.5, 0.6) is 5.75 Å². The van der Waals surface area contributed by atoms with E-state index in [4.69, 9.17) is 4.74 Å². The Morgan fingerprint density at radius 1 is 1.03 bits per heavy atom. The molecule has 0 fully saturated rings. The maximum absolute atomic E-state index is 13.1. The SMILES string of the molecule is CC[C@H](C)NC(=O)[C@@H](C)N(CCc1ccccc1)C(=O)CSCc1ccc(OC)cc1. The molecule has 0 saturated heterocycles. The van der Waals surface area contributed by atoms with Crippen molar-refractivity contribution >= 4 is 23.6 Å². The number of thioether (sulfide) groups is 1. The van der Waals surface area contributed by atoms with Gasteiger partial charge in [-0.1, -0.05) is 49.4 Å². The van der Waals surface area contributed by atoms with E-state index in [-0.39, 0.29) is 17.9 Å². The standard InChI is InChI=1S/C25H34N2O3S/c1-5-19(2)26-25(29)20(3)27(16-15-21-9-7-6-8-10-21)24(28)18-31-17-22-11-13-23(30-4)14-12-22/h6-14,19-20H,5,15-18H2,1-4H3,(H,26,29)/t19-,20+/m0/s1. The van der Waals surface area contributed by atoms with Crippen molar-refractivity contribution < 1.29 is 14.3 Å². The zero-order valence-corrected chi connectivity index (χ0v) is 19.8. The summed E-state index contributed by atoms with van der Waals surface area (Å²) in [7, 11) is 1.64. The number of nitrogens with one attached hydrogen (secondary N) is 1. The Morgan fingerprint density at radius 2 is 1.71 bits per heavy atom. The number of nitrogens with zero attached hydrogens (tertiary/aromatic N) is 1. The molecule has 0 bridgehead atoms. The second-order valence-electron chi connectivity index (χ2n) is 7.66. The number of methoxy groups -OCH3 is 1. The first-order valence-corrected chi connectivity index (χ1v) is 11.9. The molecule has 0 aliphatic rings. The average molecular weight is 443 g/mol. The van der Waals surface area contributed by atoms with Gasteiger partial charge in [0.2, 0.25) is 11.8 Å². The topological polar surface area (TPSA) is 58.6 Å². The molecule has 0 saturated carbocycles. The number of carbonyl (C=O) groups is 2. The van der Waals surface area contributed by atoms with E-state index in [1.165, 1.54) is 0 Å². The maximum atomic E-state index is 13.1. The van der Waals surface area contributed by atoms with Gasteiger partial charge < -0.3 is 15.0 Å². The first kappa shape index (κ1) is 24.8. The van der Waals surface area contributed by atoms with Gasteiger partial charge in [-0.05, 0) is 49.9 Å². The summed E-state index contributed by atoms with van der Waals surface area (Å²) >= 11 is 1.56. The second-order valence-corrected chi connectivity index (χ2v) is 8.64. The molecule has 0 spiro atoms. The van der Waals surface area contributed by atoms with Crippen LogP contribution in [0.2, 0.25) is 0 Å². The summed E-state index contributed by atoms with van der Waals surface area (Å²) in [6.45, 7) is 6.34. The van der Waals surface area contributed by atoms with E-state index in [2.05, 4.69) is 5.32 Å². The molecule has 0 heterocycles. The third-order valence-electron chi connectivity index (χ3n) is 5.31. The highest BCUT2D eigenvalue weighted by molar-refractivity contribution is 7.99. The number of hydrogen-bond donors (Lipinski definition) is 1. The molecule has 168 valence electrons. The third kappa shape index (κ3) is 8.29. The van der Waals surface area contributed by atoms with Crippen LogP contribution in [0.3, 0.4) is 0 Å². The van der Waals surface area contributed by atoms with Crippen LogP contribution in [0.25, 0.3) is 0 Å². The minimum absolute atomic E-state index is 0.0127. The number of ether oxygens (including phenoxy) is 1. The molecule has 2 aromatic rings. The Hall–Kier alpha value is -2.47. The average Bonchev–Trinajstić information content (AvgIpc) is 2.80. The smallest absolute Gasteiger partial charge is 0.242 e. The number of hydrogen-bond acceptors (Lipinski definition) is 4. The van der Waals surface area contributed by atoms with Gasteiger partial charge in [-0.25, -0.2) is 0 Å². The van der Waals surface area contributed by atoms with Crippen LogP contribution in [0.15, 0.2) is 54.6 Å². The molecular formula is C25H34N2O3S. The molecular weight excluding hydrogens is 408 g/mol. The van der Waals surface area contributed by atoms with Crippen LogP contribution < -0.4 is 10.1 Å². The lowest BCUT2D eigenvalue weighted by molar-refractivity contribution is -0.138. The van der Waals surface area contributed by atoms with E-state index >= 15 is 0 Å². The highest BCUT2D eigenvalue weighted by Crippen LogP contribution is 2.18. The number of carbonyl (C=O) groups excluding carboxylic acids is 2. The molecule has 0 unspecified atom stereocenters. The Balaban J connectivity index is 1.98. The summed E-state index contributed by atoms with van der Waals surface area (Å²) in [6.07, 6.45) is 1.57. The van der Waals surface area contributed by atoms with Crippen LogP contribution >= 0.6 is 11.8 Å². The van der Waals surface area contributed by atoms with Crippen LogP contribution in [-0.4, -0.2) is 48.2 Å². The lowest BCUT2D eigenvalue weighted by Gasteiger charge is -2.29. The molecule has 2 amide bonds. The minimum atomic E-state index is -0.508. The highest BCUT2D eigenvalue weighted by atomic mass is 32.2. The Kier molecular flexibility index (Phi) is 10.4. The quantitative estimate of drug-likeness (QED) is 0.532. The molecule has 0 aromatic heterocycles. The van der Waals surface area contributed by atoms with E-state index in [1.807, 2.05) is 75.4 Å². The Bertz CT molecular complexity index is 811. The van der Waals surface area contributed by atoms with Gasteiger partial charge in [0, 0.05) is 18.3 Å². The van der Waals surface area contributed by atoms with Gasteiger partial charge in [-0.2, -0.15) is 0 Å². The van der Waals surface area contributed by atoms with E-state index in [1.54, 1.807) is 23.8 Å². The Morgan fingerprint density at radius 3 is 2.32 bits per heavy atom. The van der Waals surface area contributed by atoms with Crippen LogP contribution in [0.4, 0.5) is 0 Å². The fourth-order valence-corrected chi connectivity index (χ4v) is 3.97. The first-order valence-electron chi connectivity index (χ1n) is 10.8. The van der Waals surface area contributed by atoms with Gasteiger partial charge in [-0.15, -0.1) is 11.8 Å². The summed E-state index contributed by atoms with van der Waals surface area (Å²) in [4.78, 5) is 27.5. The zero-order valence-electron chi connectivity index (χ0n) is 19.0. The predicted octanol–water partition coefficient (Wildman–Crippen LogP) is 4.30. The largest absolute Gasteiger partial charge is 0.497 e. The first-order chi connectivity index (χ1) is 14.9. The van der Waals surface area contributed by atoms with Crippen LogP contribution in [-0.2, 0) is 21.8 Å². The number of benzene rings is 2. The van der Waals surface area contributed by atoms with E-state index < -0.39 is 6.04 Å². The lowest BCUT2D eigenvalue weighted by Crippen LogP contribution is -2.51. The molecule has 31 heavy (non-hydrogen) atoms. The summed E-state index contributed by atoms with van der Waals surface area (Å²) in [5, 5.41) is 3.00. The molecule has 2 rings (SSSR count). The van der Waals surface area contributed by atoms with Gasteiger partial charge in [-0.3, -0.25) is 9.59 Å². The molecule has 0 aliphatic heterocycles. The zero-order chi connectivity index (χ0) is 22.6. The van der Waals surface area contributed by atoms with Crippen molar-refractivity contribution in [3.8, 4) is 5.75 Å². The molecule has 6 heteroatoms. The van der Waals surface area contributed by atoms with Crippen molar-refractivity contribution in [3.63, 3.8) is 0 Å². The van der Waals surface area contributed by atoms with Gasteiger partial charge in [0.05, 0.1) is 12.9 Å². The molecule has 0 aliphatic carbocycles. The van der Waals surface area contributed by atoms with E-state index in [0.29, 0.717) is 12.3 Å². The minimum Gasteiger partial charge on any atom is -0.497 e. The van der Waals surface area contributed by atoms with Crippen molar-refractivity contribution in [2.45, 2.75) is 51.4 Å². The molecule has 5 nitrogen and oxygen atoms in total. The lowest BCUT2D eigenvalue weighted by atomic mass is 10.1. The molecule has 1 N–H and O–H groups in total. The van der Waals surface area contributed by atoms with E-state index in [0.717, 1.165) is 35.5 Å². The van der Waals surface area contributed by atoms with Crippen molar-refractivity contribution in [1.82, 2.24) is 10.2 Å². The van der Waals surface area contributed by atoms with Crippen LogP contribution in [0, 0.1) is 0 Å². The summed E-state index contributed by atoms with van der Waals surface area (Å²) in [5.74, 6) is 1.77. The number of rotatable bonds is 12. The summed E-state index contributed by atoms with van der Waals surface area (Å²) in [5.41, 5.74) is 2.29. The summed E-state index contributed by atoms with van der Waals surface area (Å²) in [6, 6.07) is 17.5. The summed E-state index contributed by atoms with van der Waals surface area (Å²) < 4.78 is 5.19. The fourth-order valence-electron chi connectivity index (χ4n) is 3.10. The highest BCUT2D eigenvalue weighted by Gasteiger charge is 2.26. The number of amides is 2. The van der Waals surface area contributed by atoms with Crippen LogP contribution in [0.1, 0.15) is 38.3 Å². The van der Waals surface area contributed by atoms with Gasteiger partial charge in [0.15, 0.2) is 0 Å². The second kappa shape index (κ2) is 13.1.